The van der Waals surface area contributed by atoms with Crippen molar-refractivity contribution >= 4 is 11.2 Å². The van der Waals surface area contributed by atoms with E-state index in [0.29, 0.717) is 30.3 Å². The number of hydrogen-bond donors (Lipinski definition) is 1. The second kappa shape index (κ2) is 6.40. The molecular formula is C18H31N4O+. The number of hydrogen-bond acceptors (Lipinski definition) is 3. The van der Waals surface area contributed by atoms with Gasteiger partial charge in [-0.2, -0.15) is 0 Å². The van der Waals surface area contributed by atoms with Gasteiger partial charge < -0.3 is 15.0 Å². The molecule has 2 aromatic heterocycles. The van der Waals surface area contributed by atoms with Gasteiger partial charge >= 0.3 is 0 Å². The first-order chi connectivity index (χ1) is 10.7. The fraction of sp³-hybridized carbons (Fsp3) is 0.611. The lowest BCUT2D eigenvalue weighted by Gasteiger charge is -2.42. The first-order valence-electron chi connectivity index (χ1n) is 8.40. The van der Waals surface area contributed by atoms with Crippen molar-refractivity contribution in [1.29, 1.82) is 0 Å². The summed E-state index contributed by atoms with van der Waals surface area (Å²) in [5, 5.41) is 4.54. The van der Waals surface area contributed by atoms with Crippen molar-refractivity contribution in [3.63, 3.8) is 0 Å². The van der Waals surface area contributed by atoms with E-state index in [2.05, 4.69) is 52.8 Å². The number of aryl methyl sites for hydroxylation is 2. The average Bonchev–Trinajstić information content (AvgIpc) is 2.80. The van der Waals surface area contributed by atoms with Crippen molar-refractivity contribution in [2.75, 3.05) is 25.9 Å². The number of rotatable bonds is 6. The monoisotopic (exact) mass is 319 g/mol. The Morgan fingerprint density at radius 3 is 2.35 bits per heavy atom. The topological polar surface area (TPSA) is 52.5 Å². The van der Waals surface area contributed by atoms with Gasteiger partial charge in [0.1, 0.15) is 18.8 Å². The molecule has 2 heterocycles. The van der Waals surface area contributed by atoms with Crippen molar-refractivity contribution in [1.82, 2.24) is 9.61 Å². The molecule has 0 spiro atoms. The van der Waals surface area contributed by atoms with Gasteiger partial charge in [0.05, 0.1) is 24.6 Å². The Morgan fingerprint density at radius 2 is 1.78 bits per heavy atom. The minimum atomic E-state index is 0.540. The van der Waals surface area contributed by atoms with Crippen LogP contribution in [0.15, 0.2) is 12.1 Å². The van der Waals surface area contributed by atoms with Crippen LogP contribution in [-0.4, -0.2) is 46.4 Å². The quantitative estimate of drug-likeness (QED) is 0.832. The third-order valence-electron chi connectivity index (χ3n) is 5.48. The highest BCUT2D eigenvalue weighted by molar-refractivity contribution is 5.75. The van der Waals surface area contributed by atoms with Gasteiger partial charge in [0.2, 0.25) is 0 Å². The molecule has 2 N–H and O–H groups in total. The van der Waals surface area contributed by atoms with Crippen LogP contribution in [0.3, 0.4) is 0 Å². The largest absolute Gasteiger partial charge is 0.469 e. The van der Waals surface area contributed by atoms with Gasteiger partial charge in [-0.15, -0.1) is 5.10 Å². The van der Waals surface area contributed by atoms with Crippen molar-refractivity contribution in [2.45, 2.75) is 53.6 Å². The summed E-state index contributed by atoms with van der Waals surface area (Å²) in [5.74, 6) is 0.540. The Morgan fingerprint density at radius 1 is 1.17 bits per heavy atom. The van der Waals surface area contributed by atoms with Crippen LogP contribution in [0.2, 0.25) is 0 Å². The molecular weight excluding hydrogens is 288 g/mol. The number of aromatic nitrogens is 2. The third-order valence-corrected chi connectivity index (χ3v) is 5.48. The molecule has 5 heteroatoms. The fourth-order valence-corrected chi connectivity index (χ4v) is 2.89. The van der Waals surface area contributed by atoms with Crippen LogP contribution in [0.5, 0.6) is 5.88 Å². The van der Waals surface area contributed by atoms with Crippen LogP contribution in [0.25, 0.3) is 5.52 Å². The molecule has 2 rings (SSSR count). The molecule has 0 aliphatic rings. The summed E-state index contributed by atoms with van der Waals surface area (Å²) in [5.41, 5.74) is 10.0. The number of pyridine rings is 1. The van der Waals surface area contributed by atoms with Crippen molar-refractivity contribution in [3.8, 4) is 5.88 Å². The number of nitrogen functional groups attached to an aromatic ring is 1. The van der Waals surface area contributed by atoms with Gasteiger partial charge in [0.15, 0.2) is 0 Å². The molecule has 0 atom stereocenters. The third kappa shape index (κ3) is 3.15. The van der Waals surface area contributed by atoms with E-state index in [1.54, 1.807) is 0 Å². The SMILES string of the molecule is Cc1ccc2c(N)c(OCC[N+](C)(C(C)C)C(C)C)nn2c1C. The first kappa shape index (κ1) is 17.6. The molecule has 0 amide bonds. The highest BCUT2D eigenvalue weighted by Crippen LogP contribution is 2.27. The van der Waals surface area contributed by atoms with Gasteiger partial charge in [-0.05, 0) is 53.2 Å². The maximum absolute atomic E-state index is 6.21. The van der Waals surface area contributed by atoms with E-state index in [1.807, 2.05) is 17.5 Å². The number of likely N-dealkylation sites (N-methyl/N-ethyl adjacent to an activating group) is 1. The lowest BCUT2D eigenvalue weighted by atomic mass is 10.1. The van der Waals surface area contributed by atoms with E-state index in [1.165, 1.54) is 5.56 Å². The number of anilines is 1. The smallest absolute Gasteiger partial charge is 0.257 e. The van der Waals surface area contributed by atoms with Crippen molar-refractivity contribution in [3.05, 3.63) is 23.4 Å². The molecule has 2 aromatic rings. The van der Waals surface area contributed by atoms with Gasteiger partial charge in [-0.25, -0.2) is 4.52 Å². The predicted molar refractivity (Wildman–Crippen MR) is 95.9 cm³/mol. The van der Waals surface area contributed by atoms with Gasteiger partial charge in [-0.1, -0.05) is 6.07 Å². The van der Waals surface area contributed by atoms with Gasteiger partial charge in [-0.3, -0.25) is 0 Å². The van der Waals surface area contributed by atoms with Crippen molar-refractivity contribution in [2.24, 2.45) is 0 Å². The average molecular weight is 319 g/mol. The summed E-state index contributed by atoms with van der Waals surface area (Å²) in [7, 11) is 2.28. The lowest BCUT2D eigenvalue weighted by Crippen LogP contribution is -2.56. The normalized spacial score (nSPS) is 12.6. The molecule has 0 saturated heterocycles. The summed E-state index contributed by atoms with van der Waals surface area (Å²) >= 11 is 0. The highest BCUT2D eigenvalue weighted by Gasteiger charge is 2.29. The Labute approximate surface area is 139 Å². The molecule has 0 aliphatic carbocycles. The van der Waals surface area contributed by atoms with Crippen LogP contribution in [0.1, 0.15) is 39.0 Å². The lowest BCUT2D eigenvalue weighted by molar-refractivity contribution is -0.949. The minimum absolute atomic E-state index is 0.540. The van der Waals surface area contributed by atoms with Crippen LogP contribution in [0, 0.1) is 13.8 Å². The maximum Gasteiger partial charge on any atom is 0.257 e. The molecule has 0 saturated carbocycles. The standard InChI is InChI=1S/C18H31N4O/c1-12(2)22(7,13(3)4)10-11-23-18-17(19)16-9-8-14(5)15(6)21(16)20-18/h8-9,12-13H,10-11,19H2,1-7H3/q+1. The molecule has 0 radical (unpaired) electrons. The molecule has 5 nitrogen and oxygen atoms in total. The summed E-state index contributed by atoms with van der Waals surface area (Å²) in [6.45, 7) is 14.7. The zero-order chi connectivity index (χ0) is 17.4. The van der Waals surface area contributed by atoms with E-state index < -0.39 is 0 Å². The number of quaternary nitrogens is 1. The van der Waals surface area contributed by atoms with E-state index in [9.17, 15) is 0 Å². The number of fused-ring (bicyclic) bond motifs is 1. The molecule has 0 fully saturated rings. The molecule has 0 unspecified atom stereocenters. The fourth-order valence-electron chi connectivity index (χ4n) is 2.89. The van der Waals surface area contributed by atoms with Gasteiger partial charge in [0, 0.05) is 5.69 Å². The molecule has 0 aliphatic heterocycles. The predicted octanol–water partition coefficient (Wildman–Crippen LogP) is 3.18. The van der Waals surface area contributed by atoms with E-state index in [0.717, 1.165) is 22.2 Å². The molecule has 128 valence electrons. The van der Waals surface area contributed by atoms with E-state index in [4.69, 9.17) is 10.5 Å². The van der Waals surface area contributed by atoms with Crippen LogP contribution in [0.4, 0.5) is 5.69 Å². The van der Waals surface area contributed by atoms with Gasteiger partial charge in [0.25, 0.3) is 5.88 Å². The van der Waals surface area contributed by atoms with E-state index >= 15 is 0 Å². The summed E-state index contributed by atoms with van der Waals surface area (Å²) < 4.78 is 8.78. The maximum atomic E-state index is 6.21. The Bertz CT molecular complexity index is 680. The molecule has 0 aromatic carbocycles. The Hall–Kier alpha value is -1.75. The Balaban J connectivity index is 2.17. The van der Waals surface area contributed by atoms with Crippen molar-refractivity contribution < 1.29 is 9.22 Å². The minimum Gasteiger partial charge on any atom is -0.469 e. The molecule has 0 bridgehead atoms. The van der Waals surface area contributed by atoms with Crippen LogP contribution < -0.4 is 10.5 Å². The van der Waals surface area contributed by atoms with E-state index in [-0.39, 0.29) is 0 Å². The zero-order valence-corrected chi connectivity index (χ0v) is 15.6. The second-order valence-electron chi connectivity index (χ2n) is 7.22. The summed E-state index contributed by atoms with van der Waals surface area (Å²) in [4.78, 5) is 0. The second-order valence-corrected chi connectivity index (χ2v) is 7.22. The highest BCUT2D eigenvalue weighted by atomic mass is 16.5. The number of nitrogens with two attached hydrogens (primary N) is 1. The number of ether oxygens (including phenoxy) is 1. The zero-order valence-electron chi connectivity index (χ0n) is 15.6. The summed E-state index contributed by atoms with van der Waals surface area (Å²) in [6.07, 6.45) is 0. The van der Waals surface area contributed by atoms with Crippen LogP contribution in [-0.2, 0) is 0 Å². The molecule has 23 heavy (non-hydrogen) atoms. The number of nitrogens with zero attached hydrogens (tertiary/aromatic N) is 3. The Kier molecular flexibility index (Phi) is 4.90. The van der Waals surface area contributed by atoms with Crippen LogP contribution >= 0.6 is 0 Å². The first-order valence-corrected chi connectivity index (χ1v) is 8.40. The summed E-state index contributed by atoms with van der Waals surface area (Å²) in [6, 6.07) is 5.15.